The predicted molar refractivity (Wildman–Crippen MR) is 160 cm³/mol. The van der Waals surface area contributed by atoms with Crippen LogP contribution in [0.25, 0.3) is 38.2 Å². The molecule has 2 heterocycles. The SMILES string of the molecule is O=C(C=Cc1ccc(-c2cccc(Cl)c2Cl)o1)NC(=S)Nc1ccc(Br)cc1-c1nc2ccccc2s1. The van der Waals surface area contributed by atoms with Crippen molar-refractivity contribution in [3.05, 3.63) is 99.2 Å². The van der Waals surface area contributed by atoms with Gasteiger partial charge in [-0.25, -0.2) is 4.98 Å². The van der Waals surface area contributed by atoms with Gasteiger partial charge in [0.25, 0.3) is 0 Å². The molecule has 0 atom stereocenters. The van der Waals surface area contributed by atoms with E-state index in [-0.39, 0.29) is 5.11 Å². The minimum absolute atomic E-state index is 0.158. The molecule has 0 aliphatic carbocycles. The van der Waals surface area contributed by atoms with Gasteiger partial charge in [0.2, 0.25) is 5.91 Å². The van der Waals surface area contributed by atoms with Gasteiger partial charge in [-0.1, -0.05) is 57.3 Å². The molecule has 5 nitrogen and oxygen atoms in total. The number of hydrogen-bond donors (Lipinski definition) is 2. The van der Waals surface area contributed by atoms with Crippen molar-refractivity contribution < 1.29 is 9.21 Å². The second-order valence-electron chi connectivity index (χ2n) is 7.76. The van der Waals surface area contributed by atoms with Crippen LogP contribution in [0, 0.1) is 0 Å². The number of aromatic nitrogens is 1. The number of thiazole rings is 1. The van der Waals surface area contributed by atoms with Crippen molar-refractivity contribution in [2.24, 2.45) is 0 Å². The number of nitrogens with zero attached hydrogens (tertiary/aromatic N) is 1. The number of carbonyl (C=O) groups is 1. The van der Waals surface area contributed by atoms with Crippen molar-refractivity contribution in [1.82, 2.24) is 10.3 Å². The van der Waals surface area contributed by atoms with E-state index in [0.29, 0.717) is 27.1 Å². The lowest BCUT2D eigenvalue weighted by Gasteiger charge is -2.12. The molecule has 5 aromatic rings. The number of halogens is 3. The van der Waals surface area contributed by atoms with Gasteiger partial charge in [-0.2, -0.15) is 0 Å². The first-order valence-electron chi connectivity index (χ1n) is 10.9. The summed E-state index contributed by atoms with van der Waals surface area (Å²) in [7, 11) is 0. The number of thiocarbonyl (C=S) groups is 1. The molecular weight excluding hydrogens is 613 g/mol. The van der Waals surface area contributed by atoms with Crippen LogP contribution in [-0.2, 0) is 4.79 Å². The highest BCUT2D eigenvalue weighted by molar-refractivity contribution is 9.10. The highest BCUT2D eigenvalue weighted by atomic mass is 79.9. The summed E-state index contributed by atoms with van der Waals surface area (Å²) in [5.74, 6) is 0.614. The third kappa shape index (κ3) is 5.95. The average molecular weight is 629 g/mol. The Labute approximate surface area is 240 Å². The van der Waals surface area contributed by atoms with Gasteiger partial charge in [-0.15, -0.1) is 11.3 Å². The summed E-state index contributed by atoms with van der Waals surface area (Å²) in [5.41, 5.74) is 3.19. The molecule has 2 N–H and O–H groups in total. The van der Waals surface area contributed by atoms with Gasteiger partial charge in [-0.3, -0.25) is 10.1 Å². The van der Waals surface area contributed by atoms with Gasteiger partial charge in [-0.05, 0) is 72.9 Å². The molecule has 0 fully saturated rings. The van der Waals surface area contributed by atoms with Gasteiger partial charge in [0.1, 0.15) is 16.5 Å². The molecule has 3 aromatic carbocycles. The second kappa shape index (κ2) is 11.2. The van der Waals surface area contributed by atoms with Crippen molar-refractivity contribution in [2.45, 2.75) is 0 Å². The standard InChI is InChI=1S/C27H16BrCl2N3O2S2/c28-15-8-11-20(18(14-15)26-31-21-6-1-2-7-23(21)37-26)32-27(36)33-24(34)13-10-16-9-12-22(35-16)17-4-3-5-19(29)25(17)30/h1-14H,(H2,32,33,34,36). The molecule has 0 bridgehead atoms. The van der Waals surface area contributed by atoms with Crippen LogP contribution < -0.4 is 10.6 Å². The molecule has 0 radical (unpaired) electrons. The zero-order chi connectivity index (χ0) is 25.9. The maximum absolute atomic E-state index is 12.5. The van der Waals surface area contributed by atoms with Crippen molar-refractivity contribution in [3.8, 4) is 21.9 Å². The first-order valence-corrected chi connectivity index (χ1v) is 13.6. The molecular formula is C27H16BrCl2N3O2S2. The van der Waals surface area contributed by atoms with E-state index in [1.165, 1.54) is 6.08 Å². The molecule has 0 aliphatic heterocycles. The number of benzene rings is 3. The summed E-state index contributed by atoms with van der Waals surface area (Å²) in [6, 6.07) is 22.5. The number of anilines is 1. The van der Waals surface area contributed by atoms with Crippen LogP contribution in [0.4, 0.5) is 5.69 Å². The smallest absolute Gasteiger partial charge is 0.250 e. The van der Waals surface area contributed by atoms with E-state index in [1.807, 2.05) is 48.5 Å². The topological polar surface area (TPSA) is 67.2 Å². The number of fused-ring (bicyclic) bond motifs is 1. The van der Waals surface area contributed by atoms with Crippen molar-refractivity contribution in [1.29, 1.82) is 0 Å². The largest absolute Gasteiger partial charge is 0.457 e. The van der Waals surface area contributed by atoms with Gasteiger partial charge in [0.15, 0.2) is 5.11 Å². The molecule has 1 amide bonds. The Bertz CT molecular complexity index is 1650. The molecule has 5 rings (SSSR count). The normalized spacial score (nSPS) is 11.2. The lowest BCUT2D eigenvalue weighted by molar-refractivity contribution is -0.115. The number of hydrogen-bond acceptors (Lipinski definition) is 5. The molecule has 2 aromatic heterocycles. The monoisotopic (exact) mass is 627 g/mol. The fraction of sp³-hybridized carbons (Fsp3) is 0. The second-order valence-corrected chi connectivity index (χ2v) is 10.9. The Kier molecular flexibility index (Phi) is 7.73. The fourth-order valence-corrected chi connectivity index (χ4v) is 5.50. The average Bonchev–Trinajstić information content (AvgIpc) is 3.53. The van der Waals surface area contributed by atoms with Crippen molar-refractivity contribution in [3.63, 3.8) is 0 Å². The number of para-hydroxylation sites is 1. The molecule has 10 heteroatoms. The van der Waals surface area contributed by atoms with Gasteiger partial charge in [0, 0.05) is 21.7 Å². The molecule has 0 saturated heterocycles. The number of amides is 1. The van der Waals surface area contributed by atoms with Crippen LogP contribution in [0.3, 0.4) is 0 Å². The van der Waals surface area contributed by atoms with E-state index in [1.54, 1.807) is 41.7 Å². The highest BCUT2D eigenvalue weighted by Crippen LogP contribution is 2.36. The number of rotatable bonds is 5. The van der Waals surface area contributed by atoms with E-state index in [4.69, 9.17) is 44.8 Å². The molecule has 184 valence electrons. The molecule has 0 saturated carbocycles. The minimum Gasteiger partial charge on any atom is -0.457 e. The molecule has 0 spiro atoms. The lowest BCUT2D eigenvalue weighted by atomic mass is 10.2. The maximum Gasteiger partial charge on any atom is 0.250 e. The van der Waals surface area contributed by atoms with Crippen LogP contribution in [0.1, 0.15) is 5.76 Å². The fourth-order valence-electron chi connectivity index (χ4n) is 3.54. The van der Waals surface area contributed by atoms with Crippen LogP contribution in [0.5, 0.6) is 0 Å². The summed E-state index contributed by atoms with van der Waals surface area (Å²) < 4.78 is 7.78. The predicted octanol–water partition coefficient (Wildman–Crippen LogP) is 8.82. The third-order valence-electron chi connectivity index (χ3n) is 5.23. The van der Waals surface area contributed by atoms with E-state index in [9.17, 15) is 4.79 Å². The quantitative estimate of drug-likeness (QED) is 0.150. The van der Waals surface area contributed by atoms with E-state index < -0.39 is 5.91 Å². The van der Waals surface area contributed by atoms with Gasteiger partial charge in [0.05, 0.1) is 25.9 Å². The van der Waals surface area contributed by atoms with Crippen molar-refractivity contribution >= 4 is 95.7 Å². The molecule has 37 heavy (non-hydrogen) atoms. The number of carbonyl (C=O) groups excluding carboxylic acids is 1. The summed E-state index contributed by atoms with van der Waals surface area (Å²) in [6.07, 6.45) is 2.89. The zero-order valence-corrected chi connectivity index (χ0v) is 23.5. The van der Waals surface area contributed by atoms with Crippen LogP contribution in [-0.4, -0.2) is 16.0 Å². The summed E-state index contributed by atoms with van der Waals surface area (Å²) >= 11 is 22.8. The Balaban J connectivity index is 1.27. The molecule has 0 aliphatic rings. The first-order chi connectivity index (χ1) is 17.9. The van der Waals surface area contributed by atoms with Crippen molar-refractivity contribution in [2.75, 3.05) is 5.32 Å². The third-order valence-corrected chi connectivity index (χ3v) is 7.82. The summed E-state index contributed by atoms with van der Waals surface area (Å²) in [5, 5.41) is 7.60. The van der Waals surface area contributed by atoms with Crippen LogP contribution in [0.2, 0.25) is 10.0 Å². The van der Waals surface area contributed by atoms with Gasteiger partial charge >= 0.3 is 0 Å². The summed E-state index contributed by atoms with van der Waals surface area (Å²) in [4.78, 5) is 17.2. The number of furan rings is 1. The van der Waals surface area contributed by atoms with Crippen LogP contribution >= 0.6 is 62.7 Å². The Morgan fingerprint density at radius 2 is 1.86 bits per heavy atom. The number of nitrogens with one attached hydrogen (secondary N) is 2. The van der Waals surface area contributed by atoms with Crippen LogP contribution in [0.15, 0.2) is 87.8 Å². The Hall–Kier alpha value is -3.01. The van der Waals surface area contributed by atoms with E-state index >= 15 is 0 Å². The Morgan fingerprint density at radius 1 is 1.03 bits per heavy atom. The lowest BCUT2D eigenvalue weighted by Crippen LogP contribution is -2.32. The maximum atomic E-state index is 12.5. The van der Waals surface area contributed by atoms with Gasteiger partial charge < -0.3 is 9.73 Å². The Morgan fingerprint density at radius 3 is 2.70 bits per heavy atom. The first kappa shape index (κ1) is 25.6. The van der Waals surface area contributed by atoms with E-state index in [0.717, 1.165) is 30.9 Å². The zero-order valence-electron chi connectivity index (χ0n) is 18.8. The highest BCUT2D eigenvalue weighted by Gasteiger charge is 2.14. The molecule has 0 unspecified atom stereocenters. The minimum atomic E-state index is -0.408. The summed E-state index contributed by atoms with van der Waals surface area (Å²) in [6.45, 7) is 0. The van der Waals surface area contributed by atoms with E-state index in [2.05, 4.69) is 26.6 Å².